The number of methoxy groups -OCH3 is 1. The topological polar surface area (TPSA) is 58.6 Å². The molecule has 0 atom stereocenters. The number of carbonyl (C=O) groups excluding carboxylic acids is 1. The first-order chi connectivity index (χ1) is 10.2. The Bertz CT molecular complexity index is 593. The van der Waals surface area contributed by atoms with E-state index in [9.17, 15) is 4.79 Å². The van der Waals surface area contributed by atoms with Crippen molar-refractivity contribution in [3.8, 4) is 0 Å². The third kappa shape index (κ3) is 4.07. The second kappa shape index (κ2) is 7.45. The van der Waals surface area contributed by atoms with Crippen molar-refractivity contribution >= 4 is 11.7 Å². The van der Waals surface area contributed by atoms with Crippen LogP contribution < -0.4 is 5.32 Å². The largest absolute Gasteiger partial charge is 0.465 e. The molecule has 2 rings (SSSR count). The van der Waals surface area contributed by atoms with E-state index in [-0.39, 0.29) is 12.6 Å². The molecule has 2 aromatic carbocycles. The molecule has 0 bridgehead atoms. The molecule has 4 heteroatoms. The summed E-state index contributed by atoms with van der Waals surface area (Å²) >= 11 is 0. The first kappa shape index (κ1) is 15.1. The average Bonchev–Trinajstić information content (AvgIpc) is 2.54. The zero-order chi connectivity index (χ0) is 15.1. The summed E-state index contributed by atoms with van der Waals surface area (Å²) in [7, 11) is 1.38. The minimum atomic E-state index is -0.328. The molecule has 0 fully saturated rings. The lowest BCUT2D eigenvalue weighted by Crippen LogP contribution is -2.09. The minimum absolute atomic E-state index is 0.152. The maximum absolute atomic E-state index is 11.7. The summed E-state index contributed by atoms with van der Waals surface area (Å²) in [4.78, 5) is 11.7. The monoisotopic (exact) mass is 285 g/mol. The summed E-state index contributed by atoms with van der Waals surface area (Å²) in [6, 6.07) is 15.3. The highest BCUT2D eigenvalue weighted by Crippen LogP contribution is 2.14. The maximum atomic E-state index is 11.7. The number of aliphatic hydroxyl groups is 1. The highest BCUT2D eigenvalue weighted by molar-refractivity contribution is 5.91. The summed E-state index contributed by atoms with van der Waals surface area (Å²) < 4.78 is 4.78. The van der Waals surface area contributed by atoms with E-state index in [1.54, 1.807) is 6.07 Å². The number of anilines is 1. The molecule has 0 aliphatic heterocycles. The van der Waals surface area contributed by atoms with Crippen molar-refractivity contribution in [2.24, 2.45) is 0 Å². The van der Waals surface area contributed by atoms with E-state index in [1.807, 2.05) is 42.5 Å². The van der Waals surface area contributed by atoms with E-state index in [4.69, 9.17) is 9.84 Å². The van der Waals surface area contributed by atoms with Crippen LogP contribution >= 0.6 is 0 Å². The molecule has 0 amide bonds. The minimum Gasteiger partial charge on any atom is -0.465 e. The van der Waals surface area contributed by atoms with Gasteiger partial charge >= 0.3 is 5.97 Å². The Labute approximate surface area is 124 Å². The number of nitrogens with one attached hydrogen (secondary N) is 1. The molecule has 0 heterocycles. The third-order valence-corrected chi connectivity index (χ3v) is 3.26. The highest BCUT2D eigenvalue weighted by atomic mass is 16.5. The Morgan fingerprint density at radius 1 is 1.14 bits per heavy atom. The predicted molar refractivity (Wildman–Crippen MR) is 82.3 cm³/mol. The van der Waals surface area contributed by atoms with Gasteiger partial charge < -0.3 is 15.2 Å². The molecule has 0 aromatic heterocycles. The van der Waals surface area contributed by atoms with Gasteiger partial charge in [-0.2, -0.15) is 0 Å². The van der Waals surface area contributed by atoms with Gasteiger partial charge in [-0.1, -0.05) is 30.3 Å². The highest BCUT2D eigenvalue weighted by Gasteiger charge is 2.10. The van der Waals surface area contributed by atoms with Crippen LogP contribution in [0.3, 0.4) is 0 Å². The van der Waals surface area contributed by atoms with Gasteiger partial charge in [0.2, 0.25) is 0 Å². The fraction of sp³-hybridized carbons (Fsp3) is 0.235. The molecule has 2 N–H and O–H groups in total. The van der Waals surface area contributed by atoms with Crippen LogP contribution in [-0.4, -0.2) is 24.8 Å². The van der Waals surface area contributed by atoms with Crippen LogP contribution in [0.4, 0.5) is 5.69 Å². The first-order valence-electron chi connectivity index (χ1n) is 6.84. The summed E-state index contributed by atoms with van der Waals surface area (Å²) in [6.45, 7) is 0.698. The number of ether oxygens (including phenoxy) is 1. The van der Waals surface area contributed by atoms with E-state index in [1.165, 1.54) is 7.11 Å². The fourth-order valence-electron chi connectivity index (χ4n) is 2.10. The van der Waals surface area contributed by atoms with Gasteiger partial charge in [-0.25, -0.2) is 4.79 Å². The predicted octanol–water partition coefficient (Wildman–Crippen LogP) is 2.62. The van der Waals surface area contributed by atoms with Gasteiger partial charge in [0.1, 0.15) is 0 Å². The van der Waals surface area contributed by atoms with Gasteiger partial charge in [-0.05, 0) is 35.7 Å². The smallest absolute Gasteiger partial charge is 0.338 e. The van der Waals surface area contributed by atoms with Crippen LogP contribution in [-0.2, 0) is 17.7 Å². The van der Waals surface area contributed by atoms with E-state index in [0.29, 0.717) is 18.5 Å². The van der Waals surface area contributed by atoms with Crippen molar-refractivity contribution in [3.63, 3.8) is 0 Å². The molecule has 0 aliphatic carbocycles. The van der Waals surface area contributed by atoms with Crippen molar-refractivity contribution in [1.82, 2.24) is 0 Å². The fourth-order valence-corrected chi connectivity index (χ4v) is 2.10. The Morgan fingerprint density at radius 3 is 2.52 bits per heavy atom. The molecule has 4 nitrogen and oxygen atoms in total. The Hall–Kier alpha value is -2.33. The number of carbonyl (C=O) groups is 1. The maximum Gasteiger partial charge on any atom is 0.338 e. The molecule has 2 aromatic rings. The van der Waals surface area contributed by atoms with Gasteiger partial charge in [0, 0.05) is 18.8 Å². The summed E-state index contributed by atoms with van der Waals surface area (Å²) in [6.07, 6.45) is 0.658. The number of hydrogen-bond donors (Lipinski definition) is 2. The lowest BCUT2D eigenvalue weighted by Gasteiger charge is -2.10. The number of hydrogen-bond acceptors (Lipinski definition) is 4. The quantitative estimate of drug-likeness (QED) is 0.801. The second-order valence-electron chi connectivity index (χ2n) is 4.67. The number of esters is 1. The third-order valence-electron chi connectivity index (χ3n) is 3.26. The number of benzene rings is 2. The van der Waals surface area contributed by atoms with E-state index < -0.39 is 0 Å². The van der Waals surface area contributed by atoms with Crippen LogP contribution in [0.2, 0.25) is 0 Å². The molecule has 0 aliphatic rings. The zero-order valence-electron chi connectivity index (χ0n) is 12.0. The summed E-state index contributed by atoms with van der Waals surface area (Å²) in [5.74, 6) is -0.328. The van der Waals surface area contributed by atoms with Crippen LogP contribution in [0, 0.1) is 0 Å². The van der Waals surface area contributed by atoms with Crippen molar-refractivity contribution in [3.05, 3.63) is 65.2 Å². The van der Waals surface area contributed by atoms with E-state index in [2.05, 4.69) is 5.32 Å². The number of aliphatic hydroxyl groups excluding tert-OH is 1. The molecular formula is C17H19NO3. The van der Waals surface area contributed by atoms with Gasteiger partial charge in [0.05, 0.1) is 12.7 Å². The van der Waals surface area contributed by atoms with Crippen molar-refractivity contribution in [1.29, 1.82) is 0 Å². The molecule has 0 saturated carbocycles. The SMILES string of the molecule is COC(=O)c1ccccc1CNc1ccc(CCO)cc1. The molecule has 0 radical (unpaired) electrons. The van der Waals surface area contributed by atoms with E-state index in [0.717, 1.165) is 16.8 Å². The lowest BCUT2D eigenvalue weighted by atomic mass is 10.1. The van der Waals surface area contributed by atoms with Crippen LogP contribution in [0.5, 0.6) is 0 Å². The Morgan fingerprint density at radius 2 is 1.86 bits per heavy atom. The van der Waals surface area contributed by atoms with E-state index >= 15 is 0 Å². The molecule has 0 unspecified atom stereocenters. The standard InChI is InChI=1S/C17H19NO3/c1-21-17(20)16-5-3-2-4-14(16)12-18-15-8-6-13(7-9-15)10-11-19/h2-9,18-19H,10-12H2,1H3. The molecule has 21 heavy (non-hydrogen) atoms. The second-order valence-corrected chi connectivity index (χ2v) is 4.67. The van der Waals surface area contributed by atoms with Gasteiger partial charge in [-0.3, -0.25) is 0 Å². The molecular weight excluding hydrogens is 266 g/mol. The normalized spacial score (nSPS) is 10.2. The molecule has 0 saturated heterocycles. The van der Waals surface area contributed by atoms with Crippen molar-refractivity contribution < 1.29 is 14.6 Å². The van der Waals surface area contributed by atoms with Crippen molar-refractivity contribution in [2.75, 3.05) is 19.0 Å². The zero-order valence-corrected chi connectivity index (χ0v) is 12.0. The van der Waals surface area contributed by atoms with Gasteiger partial charge in [0.15, 0.2) is 0 Å². The van der Waals surface area contributed by atoms with Crippen LogP contribution in [0.1, 0.15) is 21.5 Å². The summed E-state index contributed by atoms with van der Waals surface area (Å²) in [5.41, 5.74) is 3.53. The number of rotatable bonds is 6. The molecule has 110 valence electrons. The van der Waals surface area contributed by atoms with Gasteiger partial charge in [-0.15, -0.1) is 0 Å². The van der Waals surface area contributed by atoms with Crippen molar-refractivity contribution in [2.45, 2.75) is 13.0 Å². The molecule has 0 spiro atoms. The Kier molecular flexibility index (Phi) is 5.35. The first-order valence-corrected chi connectivity index (χ1v) is 6.84. The lowest BCUT2D eigenvalue weighted by molar-refractivity contribution is 0.0599. The van der Waals surface area contributed by atoms with Crippen LogP contribution in [0.15, 0.2) is 48.5 Å². The summed E-state index contributed by atoms with van der Waals surface area (Å²) in [5, 5.41) is 12.2. The van der Waals surface area contributed by atoms with Crippen LogP contribution in [0.25, 0.3) is 0 Å². The Balaban J connectivity index is 2.04. The average molecular weight is 285 g/mol. The van der Waals surface area contributed by atoms with Gasteiger partial charge in [0.25, 0.3) is 0 Å².